The van der Waals surface area contributed by atoms with E-state index < -0.39 is 12.6 Å². The van der Waals surface area contributed by atoms with Gasteiger partial charge >= 0.3 is 0 Å². The molecule has 0 radical (unpaired) electrons. The third-order valence-electron chi connectivity index (χ3n) is 7.01. The number of hydrogen-bond acceptors (Lipinski definition) is 6. The lowest BCUT2D eigenvalue weighted by molar-refractivity contribution is -0.206. The van der Waals surface area contributed by atoms with Crippen LogP contribution in [0.15, 0.2) is 24.3 Å². The number of ether oxygens (including phenoxy) is 4. The van der Waals surface area contributed by atoms with Crippen molar-refractivity contribution >= 4 is 46.4 Å². The molecule has 0 spiro atoms. The number of nitrogens with zero attached hydrogens (tertiary/aromatic N) is 2. The number of unbranched alkanes of at least 4 members (excludes halogenated alkanes) is 3. The summed E-state index contributed by atoms with van der Waals surface area (Å²) in [5, 5.41) is 19.2. The molecule has 2 heterocycles. The highest BCUT2D eigenvalue weighted by atomic mass is 35.5. The smallest absolute Gasteiger partial charge is 0.183 e. The lowest BCUT2D eigenvalue weighted by Crippen LogP contribution is -2.27. The van der Waals surface area contributed by atoms with E-state index in [1.807, 2.05) is 12.1 Å². The van der Waals surface area contributed by atoms with Crippen molar-refractivity contribution in [3.8, 4) is 12.1 Å². The maximum atomic E-state index is 8.96. The second-order valence-corrected chi connectivity index (χ2v) is 11.9. The fraction of sp³-hybridized carbons (Fsp3) is 0.548. The summed E-state index contributed by atoms with van der Waals surface area (Å²) in [4.78, 5) is 0. The van der Waals surface area contributed by atoms with Gasteiger partial charge in [0.05, 0.1) is 57.6 Å². The Kier molecular flexibility index (Phi) is 14.5. The van der Waals surface area contributed by atoms with Crippen molar-refractivity contribution in [2.45, 2.75) is 71.4 Å². The van der Waals surface area contributed by atoms with E-state index in [-0.39, 0.29) is 11.1 Å². The van der Waals surface area contributed by atoms with Crippen molar-refractivity contribution in [3.63, 3.8) is 0 Å². The van der Waals surface area contributed by atoms with Crippen molar-refractivity contribution in [1.29, 1.82) is 10.5 Å². The molecule has 0 aromatic heterocycles. The normalized spacial score (nSPS) is 22.2. The van der Waals surface area contributed by atoms with Gasteiger partial charge in [0.25, 0.3) is 0 Å². The van der Waals surface area contributed by atoms with Gasteiger partial charge in [0.1, 0.15) is 12.1 Å². The van der Waals surface area contributed by atoms with Gasteiger partial charge in [0, 0.05) is 23.0 Å². The Bertz CT molecular complexity index is 1170. The first-order chi connectivity index (χ1) is 19.8. The van der Waals surface area contributed by atoms with Crippen LogP contribution in [0, 0.1) is 34.5 Å². The predicted octanol–water partition coefficient (Wildman–Crippen LogP) is 9.82. The zero-order valence-corrected chi connectivity index (χ0v) is 26.5. The van der Waals surface area contributed by atoms with E-state index in [4.69, 9.17) is 75.9 Å². The van der Waals surface area contributed by atoms with Crippen LogP contribution in [0.5, 0.6) is 0 Å². The van der Waals surface area contributed by atoms with Crippen molar-refractivity contribution in [1.82, 2.24) is 0 Å². The van der Waals surface area contributed by atoms with E-state index in [1.165, 1.54) is 32.1 Å². The molecule has 0 saturated carbocycles. The highest BCUT2D eigenvalue weighted by molar-refractivity contribution is 6.37. The summed E-state index contributed by atoms with van der Waals surface area (Å²) in [5.74, 6) is 0.910. The van der Waals surface area contributed by atoms with Gasteiger partial charge in [0.15, 0.2) is 12.6 Å². The first-order valence-corrected chi connectivity index (χ1v) is 15.6. The van der Waals surface area contributed by atoms with Crippen LogP contribution < -0.4 is 0 Å². The Labute approximate surface area is 263 Å². The maximum absolute atomic E-state index is 8.96. The minimum Gasteiger partial charge on any atom is -0.348 e. The van der Waals surface area contributed by atoms with Gasteiger partial charge in [-0.15, -0.1) is 0 Å². The Balaban J connectivity index is 0.000000226. The van der Waals surface area contributed by atoms with Gasteiger partial charge in [-0.25, -0.2) is 0 Å². The quantitative estimate of drug-likeness (QED) is 0.253. The average Bonchev–Trinajstić information content (AvgIpc) is 2.97. The van der Waals surface area contributed by atoms with Crippen LogP contribution in [-0.2, 0) is 18.9 Å². The van der Waals surface area contributed by atoms with Crippen molar-refractivity contribution < 1.29 is 18.9 Å². The van der Waals surface area contributed by atoms with E-state index in [0.717, 1.165) is 24.0 Å². The largest absolute Gasteiger partial charge is 0.348 e. The van der Waals surface area contributed by atoms with Crippen molar-refractivity contribution in [3.05, 3.63) is 66.6 Å². The van der Waals surface area contributed by atoms with Gasteiger partial charge in [-0.3, -0.25) is 0 Å². The molecule has 2 saturated heterocycles. The molecular formula is C31H36Cl4N2O4. The zero-order chi connectivity index (χ0) is 29.8. The maximum Gasteiger partial charge on any atom is 0.183 e. The van der Waals surface area contributed by atoms with Crippen LogP contribution >= 0.6 is 46.4 Å². The molecule has 4 rings (SSSR count). The number of benzene rings is 2. The molecule has 6 nitrogen and oxygen atoms in total. The topological polar surface area (TPSA) is 84.5 Å². The standard InChI is InChI=1S/C16H19Cl2NO2.C15H17Cl2NO2/c1-2-3-4-5-11-9-20-16(21-10-11)12-6-14(17)13(8-19)15(18)7-12;1-2-3-4-10-8-19-15(20-9-10)11-5-13(16)12(7-18)14(17)6-11/h6-7,11,16H,2-5,9-10H2,1H3;5-6,10,15H,2-4,8-9H2,1H3. The SMILES string of the molecule is CCCCC1COC(c2cc(Cl)c(C#N)c(Cl)c2)OC1.CCCCCC1COC(c2cc(Cl)c(C#N)c(Cl)c2)OC1. The van der Waals surface area contributed by atoms with E-state index in [0.29, 0.717) is 58.4 Å². The molecule has 2 fully saturated rings. The Morgan fingerprint density at radius 3 is 1.27 bits per heavy atom. The lowest BCUT2D eigenvalue weighted by Gasteiger charge is -2.30. The molecule has 0 amide bonds. The fourth-order valence-corrected chi connectivity index (χ4v) is 5.83. The molecule has 0 aliphatic carbocycles. The van der Waals surface area contributed by atoms with Gasteiger partial charge < -0.3 is 18.9 Å². The van der Waals surface area contributed by atoms with E-state index in [9.17, 15) is 0 Å². The molecule has 222 valence electrons. The van der Waals surface area contributed by atoms with Crippen molar-refractivity contribution in [2.24, 2.45) is 11.8 Å². The summed E-state index contributed by atoms with van der Waals surface area (Å²) in [5.41, 5.74) is 2.09. The number of nitriles is 2. The molecule has 0 atom stereocenters. The molecule has 2 aromatic rings. The number of halogens is 4. The van der Waals surface area contributed by atoms with Gasteiger partial charge in [0.2, 0.25) is 0 Å². The number of hydrogen-bond donors (Lipinski definition) is 0. The Hall–Kier alpha value is -1.58. The molecule has 2 aliphatic rings. The highest BCUT2D eigenvalue weighted by Crippen LogP contribution is 2.34. The Morgan fingerprint density at radius 2 is 0.951 bits per heavy atom. The third kappa shape index (κ3) is 9.99. The minimum absolute atomic E-state index is 0.286. The van der Waals surface area contributed by atoms with E-state index in [1.54, 1.807) is 24.3 Å². The molecular weight excluding hydrogens is 606 g/mol. The fourth-order valence-electron chi connectivity index (χ4n) is 4.65. The third-order valence-corrected chi connectivity index (χ3v) is 8.20. The summed E-state index contributed by atoms with van der Waals surface area (Å²) in [7, 11) is 0. The van der Waals surface area contributed by atoms with Gasteiger partial charge in [-0.1, -0.05) is 92.4 Å². The van der Waals surface area contributed by atoms with Crippen LogP contribution in [-0.4, -0.2) is 26.4 Å². The highest BCUT2D eigenvalue weighted by Gasteiger charge is 2.26. The van der Waals surface area contributed by atoms with Crippen LogP contribution in [0.3, 0.4) is 0 Å². The van der Waals surface area contributed by atoms with Gasteiger partial charge in [-0.2, -0.15) is 10.5 Å². The number of rotatable bonds is 9. The summed E-state index contributed by atoms with van der Waals surface area (Å²) in [6.45, 7) is 7.10. The summed E-state index contributed by atoms with van der Waals surface area (Å²) in [6.07, 6.45) is 7.42. The molecule has 41 heavy (non-hydrogen) atoms. The van der Waals surface area contributed by atoms with E-state index >= 15 is 0 Å². The Morgan fingerprint density at radius 1 is 0.610 bits per heavy atom. The van der Waals surface area contributed by atoms with Crippen LogP contribution in [0.2, 0.25) is 20.1 Å². The van der Waals surface area contributed by atoms with Gasteiger partial charge in [-0.05, 0) is 37.1 Å². The summed E-state index contributed by atoms with van der Waals surface area (Å²) >= 11 is 24.2. The molecule has 0 bridgehead atoms. The first-order valence-electron chi connectivity index (χ1n) is 14.1. The molecule has 0 unspecified atom stereocenters. The molecule has 2 aromatic carbocycles. The monoisotopic (exact) mass is 640 g/mol. The lowest BCUT2D eigenvalue weighted by atomic mass is 10.0. The zero-order valence-electron chi connectivity index (χ0n) is 23.4. The first kappa shape index (κ1) is 33.9. The van der Waals surface area contributed by atoms with Crippen molar-refractivity contribution in [2.75, 3.05) is 26.4 Å². The van der Waals surface area contributed by atoms with Crippen LogP contribution in [0.4, 0.5) is 0 Å². The molecule has 10 heteroatoms. The molecule has 2 aliphatic heterocycles. The van der Waals surface area contributed by atoms with E-state index in [2.05, 4.69) is 13.8 Å². The second-order valence-electron chi connectivity index (χ2n) is 10.3. The molecule has 0 N–H and O–H groups in total. The summed E-state index contributed by atoms with van der Waals surface area (Å²) < 4.78 is 23.0. The summed E-state index contributed by atoms with van der Waals surface area (Å²) in [6, 6.07) is 10.7. The van der Waals surface area contributed by atoms with Crippen LogP contribution in [0.1, 0.15) is 93.6 Å². The minimum atomic E-state index is -0.449. The average molecular weight is 642 g/mol. The van der Waals surface area contributed by atoms with Crippen LogP contribution in [0.25, 0.3) is 0 Å². The predicted molar refractivity (Wildman–Crippen MR) is 162 cm³/mol. The second kappa shape index (κ2) is 17.5.